The van der Waals surface area contributed by atoms with Crippen molar-refractivity contribution in [2.75, 3.05) is 19.7 Å². The Labute approximate surface area is 216 Å². The fourth-order valence-electron chi connectivity index (χ4n) is 4.73. The van der Waals surface area contributed by atoms with Crippen molar-refractivity contribution in [1.29, 1.82) is 0 Å². The molecule has 2 amide bonds. The van der Waals surface area contributed by atoms with Gasteiger partial charge in [0.1, 0.15) is 11.6 Å². The number of nitrogens with one attached hydrogen (secondary N) is 3. The minimum Gasteiger partial charge on any atom is -0.484 e. The number of halogens is 5. The van der Waals surface area contributed by atoms with Crippen LogP contribution in [0.4, 0.5) is 17.6 Å². The van der Waals surface area contributed by atoms with Gasteiger partial charge in [0.15, 0.2) is 6.61 Å². The standard InChI is InChI=1S/C24H31ClF4N3O3Si/c1-14(22(34)30-11-15-2-4-16(5-3-15)24(27,28)29)20-8-9-23(36,13-31-20)32-21(33)12-35-17-6-7-18(25)19(26)10-17/h6-7,10,14-16,20,31H,2-5,8-9,11-13H2,1H3,(H,30,34)(H,32,33)/t14-,15?,16?,20?,23+/m1/s1. The number of ether oxygens (including phenoxy) is 1. The van der Waals surface area contributed by atoms with E-state index in [2.05, 4.69) is 26.2 Å². The van der Waals surface area contributed by atoms with E-state index < -0.39 is 29.0 Å². The van der Waals surface area contributed by atoms with Gasteiger partial charge >= 0.3 is 6.18 Å². The van der Waals surface area contributed by atoms with E-state index in [9.17, 15) is 27.2 Å². The molecule has 1 unspecified atom stereocenters. The van der Waals surface area contributed by atoms with Gasteiger partial charge in [-0.25, -0.2) is 4.39 Å². The molecule has 2 aliphatic rings. The fraction of sp³-hybridized carbons (Fsp3) is 0.667. The Morgan fingerprint density at radius 3 is 2.53 bits per heavy atom. The molecule has 1 aliphatic heterocycles. The summed E-state index contributed by atoms with van der Waals surface area (Å²) in [6.07, 6.45) is -1.82. The van der Waals surface area contributed by atoms with Crippen molar-refractivity contribution in [2.24, 2.45) is 17.8 Å². The summed E-state index contributed by atoms with van der Waals surface area (Å²) in [6.45, 7) is 2.26. The number of hydrogen-bond donors (Lipinski definition) is 3. The predicted octanol–water partition coefficient (Wildman–Crippen LogP) is 3.71. The molecule has 1 saturated carbocycles. The number of benzene rings is 1. The van der Waals surface area contributed by atoms with E-state index in [1.807, 2.05) is 6.92 Å². The molecule has 3 N–H and O–H groups in total. The molecule has 12 heteroatoms. The highest BCUT2D eigenvalue weighted by Crippen LogP contribution is 2.39. The normalized spacial score (nSPS) is 27.7. The summed E-state index contributed by atoms with van der Waals surface area (Å²) in [5.74, 6) is -2.49. The first-order valence-corrected chi connectivity index (χ1v) is 13.0. The van der Waals surface area contributed by atoms with Gasteiger partial charge in [0.2, 0.25) is 5.91 Å². The number of hydrogen-bond acceptors (Lipinski definition) is 4. The summed E-state index contributed by atoms with van der Waals surface area (Å²) in [5, 5.41) is 8.28. The lowest BCUT2D eigenvalue weighted by Crippen LogP contribution is -2.62. The topological polar surface area (TPSA) is 79.5 Å². The van der Waals surface area contributed by atoms with Gasteiger partial charge in [-0.1, -0.05) is 18.5 Å². The van der Waals surface area contributed by atoms with Crippen LogP contribution in [0.15, 0.2) is 18.2 Å². The molecular weight excluding hydrogens is 518 g/mol. The first-order chi connectivity index (χ1) is 16.9. The Kier molecular flexibility index (Phi) is 9.67. The van der Waals surface area contributed by atoms with Crippen LogP contribution < -0.4 is 20.7 Å². The Hall–Kier alpha value is -1.85. The van der Waals surface area contributed by atoms with E-state index in [1.165, 1.54) is 12.1 Å². The minimum atomic E-state index is -4.14. The zero-order valence-electron chi connectivity index (χ0n) is 20.0. The number of rotatable bonds is 8. The molecule has 1 aliphatic carbocycles. The monoisotopic (exact) mass is 548 g/mol. The number of carbonyl (C=O) groups is 2. The van der Waals surface area contributed by atoms with Crippen molar-refractivity contribution in [3.8, 4) is 5.75 Å². The average Bonchev–Trinajstić information content (AvgIpc) is 2.83. The van der Waals surface area contributed by atoms with E-state index >= 15 is 0 Å². The molecule has 1 saturated heterocycles. The van der Waals surface area contributed by atoms with Crippen LogP contribution in [-0.2, 0) is 9.59 Å². The van der Waals surface area contributed by atoms with Crippen molar-refractivity contribution in [2.45, 2.75) is 62.8 Å². The van der Waals surface area contributed by atoms with Gasteiger partial charge in [0, 0.05) is 30.4 Å². The smallest absolute Gasteiger partial charge is 0.391 e. The minimum absolute atomic E-state index is 0.0373. The Morgan fingerprint density at radius 1 is 1.25 bits per heavy atom. The third-order valence-corrected chi connectivity index (χ3v) is 7.94. The lowest BCUT2D eigenvalue weighted by Gasteiger charge is -2.40. The van der Waals surface area contributed by atoms with E-state index in [0.29, 0.717) is 38.8 Å². The van der Waals surface area contributed by atoms with E-state index in [0.717, 1.165) is 6.07 Å². The molecule has 1 aromatic carbocycles. The third-order valence-electron chi connectivity index (χ3n) is 7.08. The number of alkyl halides is 3. The summed E-state index contributed by atoms with van der Waals surface area (Å²) in [5.41, 5.74) is 0. The highest BCUT2D eigenvalue weighted by Gasteiger charge is 2.41. The van der Waals surface area contributed by atoms with Crippen molar-refractivity contribution in [1.82, 2.24) is 16.0 Å². The molecule has 2 fully saturated rings. The second-order valence-electron chi connectivity index (χ2n) is 9.81. The van der Waals surface area contributed by atoms with Crippen molar-refractivity contribution >= 4 is 33.7 Å². The maximum absolute atomic E-state index is 13.5. The van der Waals surface area contributed by atoms with Gasteiger partial charge in [-0.15, -0.1) is 0 Å². The van der Waals surface area contributed by atoms with Crippen LogP contribution >= 0.6 is 11.6 Å². The third kappa shape index (κ3) is 8.07. The van der Waals surface area contributed by atoms with Crippen LogP contribution in [0.3, 0.4) is 0 Å². The summed E-state index contributed by atoms with van der Waals surface area (Å²) < 4.78 is 57.3. The fourth-order valence-corrected chi connectivity index (χ4v) is 5.24. The molecule has 1 aromatic rings. The van der Waals surface area contributed by atoms with Crippen LogP contribution in [0.25, 0.3) is 0 Å². The predicted molar refractivity (Wildman–Crippen MR) is 128 cm³/mol. The van der Waals surface area contributed by atoms with Gasteiger partial charge in [-0.05, 0) is 56.6 Å². The SMILES string of the molecule is C[C@@H](C(=O)NCC1CCC(C(F)(F)F)CC1)C1CC[C@@]([Si])(NC(=O)COc2ccc(Cl)c(F)c2)CN1. The van der Waals surface area contributed by atoms with Crippen LogP contribution in [0, 0.1) is 23.6 Å². The lowest BCUT2D eigenvalue weighted by atomic mass is 9.81. The highest BCUT2D eigenvalue weighted by molar-refractivity contribution is 6.30. The lowest BCUT2D eigenvalue weighted by molar-refractivity contribution is -0.183. The van der Waals surface area contributed by atoms with Crippen LogP contribution in [0.5, 0.6) is 5.75 Å². The second-order valence-corrected chi connectivity index (χ2v) is 11.2. The molecule has 6 nitrogen and oxygen atoms in total. The molecule has 36 heavy (non-hydrogen) atoms. The van der Waals surface area contributed by atoms with Crippen molar-refractivity contribution in [3.05, 3.63) is 29.0 Å². The molecule has 3 radical (unpaired) electrons. The molecule has 3 rings (SSSR count). The van der Waals surface area contributed by atoms with Gasteiger partial charge < -0.3 is 20.7 Å². The second kappa shape index (κ2) is 12.1. The molecule has 0 spiro atoms. The van der Waals surface area contributed by atoms with Crippen molar-refractivity contribution < 1.29 is 31.9 Å². The quantitative estimate of drug-likeness (QED) is 0.342. The Morgan fingerprint density at radius 2 is 1.94 bits per heavy atom. The van der Waals surface area contributed by atoms with Gasteiger partial charge in [-0.3, -0.25) is 9.59 Å². The zero-order valence-corrected chi connectivity index (χ0v) is 21.8. The van der Waals surface area contributed by atoms with Crippen LogP contribution in [-0.4, -0.2) is 59.1 Å². The molecule has 0 bridgehead atoms. The van der Waals surface area contributed by atoms with Gasteiger partial charge in [0.25, 0.3) is 5.91 Å². The van der Waals surface area contributed by atoms with Crippen molar-refractivity contribution in [3.63, 3.8) is 0 Å². The summed E-state index contributed by atoms with van der Waals surface area (Å²) in [7, 11) is 3.61. The molecule has 3 atom stereocenters. The molecular formula is C24H31ClF4N3O3Si. The number of carbonyl (C=O) groups excluding carboxylic acids is 2. The van der Waals surface area contributed by atoms with Gasteiger partial charge in [-0.2, -0.15) is 13.2 Å². The van der Waals surface area contributed by atoms with E-state index in [-0.39, 0.29) is 54.0 Å². The van der Waals surface area contributed by atoms with E-state index in [4.69, 9.17) is 16.3 Å². The largest absolute Gasteiger partial charge is 0.484 e. The van der Waals surface area contributed by atoms with Crippen LogP contribution in [0.1, 0.15) is 45.4 Å². The van der Waals surface area contributed by atoms with Crippen LogP contribution in [0.2, 0.25) is 5.02 Å². The summed E-state index contributed by atoms with van der Waals surface area (Å²) in [4.78, 5) is 25.0. The Bertz CT molecular complexity index is 920. The molecule has 0 aromatic heterocycles. The average molecular weight is 549 g/mol. The first-order valence-electron chi connectivity index (χ1n) is 12.1. The first kappa shape index (κ1) is 28.7. The summed E-state index contributed by atoms with van der Waals surface area (Å²) >= 11 is 5.63. The number of amides is 2. The highest BCUT2D eigenvalue weighted by atomic mass is 35.5. The maximum atomic E-state index is 13.5. The van der Waals surface area contributed by atoms with Gasteiger partial charge in [0.05, 0.1) is 27.1 Å². The zero-order chi connectivity index (χ0) is 26.5. The molecule has 1 heterocycles. The molecule has 199 valence electrons. The summed E-state index contributed by atoms with van der Waals surface area (Å²) in [6, 6.07) is 3.80. The Balaban J connectivity index is 1.37. The van der Waals surface area contributed by atoms with E-state index in [1.54, 1.807) is 0 Å². The maximum Gasteiger partial charge on any atom is 0.391 e. The number of piperidine rings is 1.